The predicted octanol–water partition coefficient (Wildman–Crippen LogP) is 3.46. The molecule has 30 heavy (non-hydrogen) atoms. The number of hydrogen-bond donors (Lipinski definition) is 3. The van der Waals surface area contributed by atoms with Gasteiger partial charge in [0, 0.05) is 22.5 Å². The molecule has 0 fully saturated rings. The second kappa shape index (κ2) is 8.38. The average Bonchev–Trinajstić information content (AvgIpc) is 2.70. The van der Waals surface area contributed by atoms with E-state index >= 15 is 0 Å². The molecule has 154 valence electrons. The minimum Gasteiger partial charge on any atom is -0.366 e. The Labute approximate surface area is 175 Å². The van der Waals surface area contributed by atoms with E-state index in [-0.39, 0.29) is 10.5 Å². The topological polar surface area (TPSA) is 118 Å². The van der Waals surface area contributed by atoms with Crippen LogP contribution in [0.1, 0.15) is 31.8 Å². The molecule has 0 spiro atoms. The van der Waals surface area contributed by atoms with E-state index in [1.807, 2.05) is 6.92 Å². The summed E-state index contributed by atoms with van der Waals surface area (Å²) < 4.78 is 28.0. The summed E-state index contributed by atoms with van der Waals surface area (Å²) in [5.74, 6) is -1.03. The Morgan fingerprint density at radius 2 is 1.43 bits per heavy atom. The summed E-state index contributed by atoms with van der Waals surface area (Å²) in [7, 11) is -3.87. The molecule has 3 aromatic carbocycles. The van der Waals surface area contributed by atoms with Crippen LogP contribution in [0.3, 0.4) is 0 Å². The van der Waals surface area contributed by atoms with Gasteiger partial charge in [0.2, 0.25) is 5.91 Å². The molecule has 0 aliphatic rings. The van der Waals surface area contributed by atoms with Crippen molar-refractivity contribution >= 4 is 33.2 Å². The van der Waals surface area contributed by atoms with Crippen molar-refractivity contribution in [2.45, 2.75) is 18.7 Å². The first-order valence-corrected chi connectivity index (χ1v) is 10.6. The second-order valence-electron chi connectivity index (χ2n) is 6.84. The van der Waals surface area contributed by atoms with Crippen LogP contribution in [0.2, 0.25) is 0 Å². The number of nitrogens with two attached hydrogens (primary N) is 1. The monoisotopic (exact) mass is 423 g/mol. The first-order valence-electron chi connectivity index (χ1n) is 9.07. The maximum absolute atomic E-state index is 12.7. The van der Waals surface area contributed by atoms with Crippen LogP contribution in [0.5, 0.6) is 0 Å². The number of carbonyl (C=O) groups is 2. The fourth-order valence-electron chi connectivity index (χ4n) is 2.76. The lowest BCUT2D eigenvalue weighted by Gasteiger charge is -2.12. The van der Waals surface area contributed by atoms with Gasteiger partial charge in [-0.3, -0.25) is 14.3 Å². The average molecular weight is 423 g/mol. The molecule has 4 N–H and O–H groups in total. The van der Waals surface area contributed by atoms with E-state index in [4.69, 9.17) is 5.73 Å². The fraction of sp³-hybridized carbons (Fsp3) is 0.0909. The van der Waals surface area contributed by atoms with Gasteiger partial charge >= 0.3 is 0 Å². The largest absolute Gasteiger partial charge is 0.366 e. The van der Waals surface area contributed by atoms with Crippen LogP contribution in [-0.4, -0.2) is 20.2 Å². The molecule has 0 saturated heterocycles. The molecule has 0 aliphatic carbocycles. The number of nitrogens with one attached hydrogen (secondary N) is 2. The van der Waals surface area contributed by atoms with Crippen molar-refractivity contribution in [3.05, 3.63) is 89.0 Å². The van der Waals surface area contributed by atoms with Gasteiger partial charge in [0.25, 0.3) is 15.9 Å². The maximum Gasteiger partial charge on any atom is 0.261 e. The highest BCUT2D eigenvalue weighted by atomic mass is 32.2. The summed E-state index contributed by atoms with van der Waals surface area (Å²) in [6.07, 6.45) is 0. The summed E-state index contributed by atoms with van der Waals surface area (Å²) in [4.78, 5) is 23.8. The molecule has 2 amide bonds. The number of aryl methyl sites for hydroxylation is 2. The lowest BCUT2D eigenvalue weighted by atomic mass is 10.1. The van der Waals surface area contributed by atoms with Gasteiger partial charge in [0.15, 0.2) is 0 Å². The number of benzene rings is 3. The van der Waals surface area contributed by atoms with Gasteiger partial charge in [-0.25, -0.2) is 8.42 Å². The van der Waals surface area contributed by atoms with Gasteiger partial charge in [-0.05, 0) is 67.9 Å². The summed E-state index contributed by atoms with van der Waals surface area (Å²) >= 11 is 0. The van der Waals surface area contributed by atoms with E-state index < -0.39 is 21.8 Å². The van der Waals surface area contributed by atoms with Gasteiger partial charge < -0.3 is 11.1 Å². The van der Waals surface area contributed by atoms with Crippen LogP contribution in [0, 0.1) is 13.8 Å². The number of carbonyl (C=O) groups excluding carboxylic acids is 2. The molecule has 0 aromatic heterocycles. The van der Waals surface area contributed by atoms with Crippen molar-refractivity contribution in [1.29, 1.82) is 0 Å². The zero-order valence-corrected chi connectivity index (χ0v) is 17.3. The third-order valence-electron chi connectivity index (χ3n) is 4.50. The zero-order chi connectivity index (χ0) is 21.9. The summed E-state index contributed by atoms with van der Waals surface area (Å²) in [6, 6.07) is 17.4. The van der Waals surface area contributed by atoms with E-state index in [9.17, 15) is 18.0 Å². The number of primary amides is 1. The standard InChI is InChI=1S/C22H21N3O4S/c1-14-3-8-18(9-4-14)25-30(28,29)19-12-5-15(2)20(13-19)22(27)24-17-10-6-16(7-11-17)21(23)26/h3-13,25H,1-2H3,(H2,23,26)(H,24,27). The molecule has 3 aromatic rings. The predicted molar refractivity (Wildman–Crippen MR) is 116 cm³/mol. The molecule has 3 rings (SSSR count). The highest BCUT2D eigenvalue weighted by Gasteiger charge is 2.18. The number of anilines is 2. The Kier molecular flexibility index (Phi) is 5.89. The fourth-order valence-corrected chi connectivity index (χ4v) is 3.85. The van der Waals surface area contributed by atoms with Crippen LogP contribution in [-0.2, 0) is 10.0 Å². The number of sulfonamides is 1. The smallest absolute Gasteiger partial charge is 0.261 e. The molecule has 0 unspecified atom stereocenters. The van der Waals surface area contributed by atoms with Crippen molar-refractivity contribution in [3.63, 3.8) is 0 Å². The van der Waals surface area contributed by atoms with E-state index in [0.717, 1.165) is 5.56 Å². The van der Waals surface area contributed by atoms with Crippen molar-refractivity contribution < 1.29 is 18.0 Å². The number of hydrogen-bond acceptors (Lipinski definition) is 4. The first-order chi connectivity index (χ1) is 14.2. The molecule has 0 bridgehead atoms. The minimum absolute atomic E-state index is 0.0251. The van der Waals surface area contributed by atoms with Crippen LogP contribution >= 0.6 is 0 Å². The minimum atomic E-state index is -3.87. The van der Waals surface area contributed by atoms with Crippen LogP contribution in [0.25, 0.3) is 0 Å². The molecular weight excluding hydrogens is 402 g/mol. The SMILES string of the molecule is Cc1ccc(NS(=O)(=O)c2ccc(C)c(C(=O)Nc3ccc(C(N)=O)cc3)c2)cc1. The van der Waals surface area contributed by atoms with E-state index in [0.29, 0.717) is 22.5 Å². The quantitative estimate of drug-likeness (QED) is 0.563. The van der Waals surface area contributed by atoms with Crippen molar-refractivity contribution in [3.8, 4) is 0 Å². The van der Waals surface area contributed by atoms with Crippen molar-refractivity contribution in [1.82, 2.24) is 0 Å². The summed E-state index contributed by atoms with van der Waals surface area (Å²) in [5, 5.41) is 2.69. The molecule has 0 saturated carbocycles. The highest BCUT2D eigenvalue weighted by molar-refractivity contribution is 7.92. The Morgan fingerprint density at radius 3 is 2.03 bits per heavy atom. The lowest BCUT2D eigenvalue weighted by Crippen LogP contribution is -2.17. The van der Waals surface area contributed by atoms with Gasteiger partial charge in [-0.1, -0.05) is 23.8 Å². The molecule has 8 heteroatoms. The third-order valence-corrected chi connectivity index (χ3v) is 5.87. The van der Waals surface area contributed by atoms with Crippen molar-refractivity contribution in [2.75, 3.05) is 10.0 Å². The van der Waals surface area contributed by atoms with Gasteiger partial charge in [-0.2, -0.15) is 0 Å². The van der Waals surface area contributed by atoms with Gasteiger partial charge in [-0.15, -0.1) is 0 Å². The Bertz CT molecular complexity index is 1200. The summed E-state index contributed by atoms with van der Waals surface area (Å²) in [5.41, 5.74) is 8.27. The van der Waals surface area contributed by atoms with Gasteiger partial charge in [0.1, 0.15) is 0 Å². The van der Waals surface area contributed by atoms with E-state index in [1.165, 1.54) is 24.3 Å². The molecule has 0 heterocycles. The van der Waals surface area contributed by atoms with Crippen LogP contribution < -0.4 is 15.8 Å². The molecule has 0 aliphatic heterocycles. The molecule has 0 radical (unpaired) electrons. The van der Waals surface area contributed by atoms with Crippen LogP contribution in [0.4, 0.5) is 11.4 Å². The van der Waals surface area contributed by atoms with E-state index in [2.05, 4.69) is 10.0 Å². The van der Waals surface area contributed by atoms with Gasteiger partial charge in [0.05, 0.1) is 4.90 Å². The Balaban J connectivity index is 1.84. The Hall–Kier alpha value is -3.65. The third kappa shape index (κ3) is 4.84. The van der Waals surface area contributed by atoms with Crippen LogP contribution in [0.15, 0.2) is 71.6 Å². The normalized spacial score (nSPS) is 11.0. The zero-order valence-electron chi connectivity index (χ0n) is 16.5. The first kappa shape index (κ1) is 21.1. The molecular formula is C22H21N3O4S. The lowest BCUT2D eigenvalue weighted by molar-refractivity contribution is 0.0998. The number of rotatable bonds is 6. The molecule has 7 nitrogen and oxygen atoms in total. The number of amides is 2. The Morgan fingerprint density at radius 1 is 0.833 bits per heavy atom. The summed E-state index contributed by atoms with van der Waals surface area (Å²) in [6.45, 7) is 3.62. The van der Waals surface area contributed by atoms with E-state index in [1.54, 1.807) is 49.4 Å². The maximum atomic E-state index is 12.7. The van der Waals surface area contributed by atoms with Crippen molar-refractivity contribution in [2.24, 2.45) is 5.73 Å². The molecule has 0 atom stereocenters. The second-order valence-corrected chi connectivity index (χ2v) is 8.53. The highest BCUT2D eigenvalue weighted by Crippen LogP contribution is 2.21.